The number of aliphatic carboxylic acids is 2. The highest BCUT2D eigenvalue weighted by Gasteiger charge is 2.24. The van der Waals surface area contributed by atoms with Crippen LogP contribution in [0.1, 0.15) is 26.7 Å². The largest absolute Gasteiger partial charge is 0.481 e. The van der Waals surface area contributed by atoms with Crippen LogP contribution >= 0.6 is 0 Å². The van der Waals surface area contributed by atoms with Gasteiger partial charge in [-0.25, -0.2) is 9.59 Å². The Labute approximate surface area is 124 Å². The first-order valence-corrected chi connectivity index (χ1v) is 6.78. The molecule has 2 amide bonds. The van der Waals surface area contributed by atoms with Crippen molar-refractivity contribution < 1.29 is 24.6 Å². The second-order valence-corrected chi connectivity index (χ2v) is 5.70. The molecule has 0 aromatic heterocycles. The van der Waals surface area contributed by atoms with Gasteiger partial charge in [0.2, 0.25) is 0 Å². The fourth-order valence-corrected chi connectivity index (χ4v) is 1.95. The number of urea groups is 1. The number of carboxylic acid groups (broad SMARTS) is 2. The van der Waals surface area contributed by atoms with E-state index in [-0.39, 0.29) is 6.04 Å². The summed E-state index contributed by atoms with van der Waals surface area (Å²) in [5.74, 6) is -2.29. The molecular weight excluding hydrogens is 278 g/mol. The minimum atomic E-state index is -1.44. The van der Waals surface area contributed by atoms with Crippen LogP contribution in [-0.4, -0.2) is 65.8 Å². The average molecular weight is 303 g/mol. The number of hydrogen-bond donors (Lipinski definition) is 4. The third-order valence-corrected chi connectivity index (χ3v) is 2.66. The van der Waals surface area contributed by atoms with E-state index < -0.39 is 30.4 Å². The van der Waals surface area contributed by atoms with Gasteiger partial charge in [0.05, 0.1) is 6.42 Å². The monoisotopic (exact) mass is 303 g/mol. The van der Waals surface area contributed by atoms with E-state index >= 15 is 0 Å². The zero-order chi connectivity index (χ0) is 16.6. The van der Waals surface area contributed by atoms with Crippen LogP contribution in [0.3, 0.4) is 0 Å². The molecule has 0 saturated heterocycles. The summed E-state index contributed by atoms with van der Waals surface area (Å²) < 4.78 is 0. The first-order valence-electron chi connectivity index (χ1n) is 6.78. The number of carbonyl (C=O) groups excluding carboxylic acids is 1. The minimum absolute atomic E-state index is 0.140. The van der Waals surface area contributed by atoms with E-state index in [4.69, 9.17) is 10.2 Å². The molecule has 0 spiro atoms. The Balaban J connectivity index is 4.58. The molecule has 4 N–H and O–H groups in total. The van der Waals surface area contributed by atoms with Crippen LogP contribution in [0.25, 0.3) is 0 Å². The van der Waals surface area contributed by atoms with E-state index in [1.54, 1.807) is 0 Å². The molecule has 2 atom stereocenters. The summed E-state index contributed by atoms with van der Waals surface area (Å²) in [4.78, 5) is 35.2. The van der Waals surface area contributed by atoms with E-state index in [0.29, 0.717) is 12.5 Å². The maximum Gasteiger partial charge on any atom is 0.326 e. The first-order chi connectivity index (χ1) is 9.61. The molecule has 0 aromatic carbocycles. The van der Waals surface area contributed by atoms with Crippen molar-refractivity contribution in [3.63, 3.8) is 0 Å². The van der Waals surface area contributed by atoms with Crippen LogP contribution in [0, 0.1) is 5.92 Å². The quantitative estimate of drug-likeness (QED) is 0.483. The summed E-state index contributed by atoms with van der Waals surface area (Å²) in [6, 6.07) is -2.25. The summed E-state index contributed by atoms with van der Waals surface area (Å²) in [6.07, 6.45) is 0.0769. The van der Waals surface area contributed by atoms with Crippen molar-refractivity contribution in [1.29, 1.82) is 0 Å². The molecule has 8 nitrogen and oxygen atoms in total. The molecule has 8 heteroatoms. The van der Waals surface area contributed by atoms with Gasteiger partial charge in [-0.05, 0) is 26.4 Å². The summed E-state index contributed by atoms with van der Waals surface area (Å²) in [5, 5.41) is 22.4. The van der Waals surface area contributed by atoms with Crippen LogP contribution in [0.15, 0.2) is 0 Å². The summed E-state index contributed by atoms with van der Waals surface area (Å²) in [6.45, 7) is 4.65. The highest BCUT2D eigenvalue weighted by molar-refractivity contribution is 5.86. The molecule has 2 unspecified atom stereocenters. The number of nitrogens with one attached hydrogen (secondary N) is 2. The number of hydrogen-bond acceptors (Lipinski definition) is 4. The topological polar surface area (TPSA) is 119 Å². The maximum absolute atomic E-state index is 11.8. The highest BCUT2D eigenvalue weighted by Crippen LogP contribution is 2.05. The van der Waals surface area contributed by atoms with E-state index in [0.717, 1.165) is 6.42 Å². The Morgan fingerprint density at radius 1 is 1.10 bits per heavy atom. The van der Waals surface area contributed by atoms with Gasteiger partial charge in [-0.3, -0.25) is 4.79 Å². The number of nitrogens with zero attached hydrogens (tertiary/aromatic N) is 1. The lowest BCUT2D eigenvalue weighted by molar-refractivity contribution is -0.145. The fourth-order valence-electron chi connectivity index (χ4n) is 1.95. The van der Waals surface area contributed by atoms with E-state index in [2.05, 4.69) is 10.6 Å². The normalized spacial score (nSPS) is 13.8. The van der Waals surface area contributed by atoms with Crippen LogP contribution in [0.5, 0.6) is 0 Å². The zero-order valence-corrected chi connectivity index (χ0v) is 12.9. The van der Waals surface area contributed by atoms with E-state index in [1.165, 1.54) is 0 Å². The molecule has 0 heterocycles. The van der Waals surface area contributed by atoms with Crippen molar-refractivity contribution in [2.24, 2.45) is 5.92 Å². The summed E-state index contributed by atoms with van der Waals surface area (Å²) in [7, 11) is 3.74. The van der Waals surface area contributed by atoms with Crippen LogP contribution in [0.2, 0.25) is 0 Å². The van der Waals surface area contributed by atoms with Gasteiger partial charge in [0.15, 0.2) is 0 Å². The van der Waals surface area contributed by atoms with Gasteiger partial charge in [0.25, 0.3) is 0 Å². The molecule has 0 fully saturated rings. The van der Waals surface area contributed by atoms with E-state index in [1.807, 2.05) is 32.8 Å². The molecular formula is C13H25N3O5. The Morgan fingerprint density at radius 3 is 2.05 bits per heavy atom. The Hall–Kier alpha value is -1.83. The minimum Gasteiger partial charge on any atom is -0.481 e. The molecule has 0 rings (SSSR count). The van der Waals surface area contributed by atoms with Crippen molar-refractivity contribution in [3.05, 3.63) is 0 Å². The van der Waals surface area contributed by atoms with Crippen molar-refractivity contribution in [1.82, 2.24) is 15.5 Å². The maximum atomic E-state index is 11.8. The lowest BCUT2D eigenvalue weighted by Crippen LogP contribution is -2.52. The highest BCUT2D eigenvalue weighted by atomic mass is 16.4. The van der Waals surface area contributed by atoms with Crippen LogP contribution < -0.4 is 10.6 Å². The fraction of sp³-hybridized carbons (Fsp3) is 0.769. The molecule has 0 aromatic rings. The molecule has 122 valence electrons. The van der Waals surface area contributed by atoms with Gasteiger partial charge in [0.1, 0.15) is 6.04 Å². The molecule has 0 aliphatic rings. The molecule has 0 radical (unpaired) electrons. The first kappa shape index (κ1) is 19.2. The van der Waals surface area contributed by atoms with Gasteiger partial charge >= 0.3 is 18.0 Å². The Kier molecular flexibility index (Phi) is 8.37. The molecule has 0 bridgehead atoms. The predicted octanol–water partition coefficient (Wildman–Crippen LogP) is 0.190. The molecule has 0 aliphatic heterocycles. The third-order valence-electron chi connectivity index (χ3n) is 2.66. The van der Waals surface area contributed by atoms with Gasteiger partial charge in [-0.15, -0.1) is 0 Å². The molecule has 21 heavy (non-hydrogen) atoms. The second kappa shape index (κ2) is 9.17. The number of rotatable bonds is 9. The molecule has 0 saturated carbocycles. The molecule has 0 aliphatic carbocycles. The lowest BCUT2D eigenvalue weighted by atomic mass is 10.0. The van der Waals surface area contributed by atoms with Crippen molar-refractivity contribution >= 4 is 18.0 Å². The van der Waals surface area contributed by atoms with Crippen molar-refractivity contribution in [3.8, 4) is 0 Å². The van der Waals surface area contributed by atoms with Crippen molar-refractivity contribution in [2.45, 2.75) is 38.8 Å². The summed E-state index contributed by atoms with van der Waals surface area (Å²) >= 11 is 0. The predicted molar refractivity (Wildman–Crippen MR) is 77.1 cm³/mol. The Bertz CT molecular complexity index is 361. The van der Waals surface area contributed by atoms with Gasteiger partial charge in [-0.1, -0.05) is 13.8 Å². The number of carboxylic acids is 2. The Morgan fingerprint density at radius 2 is 1.67 bits per heavy atom. The zero-order valence-electron chi connectivity index (χ0n) is 12.9. The number of likely N-dealkylation sites (N-methyl/N-ethyl adjacent to an activating group) is 1. The second-order valence-electron chi connectivity index (χ2n) is 5.70. The van der Waals surface area contributed by atoms with Crippen molar-refractivity contribution in [2.75, 3.05) is 20.6 Å². The average Bonchev–Trinajstić information content (AvgIpc) is 2.24. The third kappa shape index (κ3) is 9.67. The standard InChI is InChI=1S/C13H25N3O5/c1-8(2)5-9(7-16(3)4)14-13(21)15-10(12(19)20)6-11(17)18/h8-10H,5-7H2,1-4H3,(H,17,18)(H,19,20)(H2,14,15,21). The van der Waals surface area contributed by atoms with E-state index in [9.17, 15) is 14.4 Å². The van der Waals surface area contributed by atoms with Gasteiger partial charge in [0, 0.05) is 12.6 Å². The van der Waals surface area contributed by atoms with Gasteiger partial charge < -0.3 is 25.7 Å². The van der Waals surface area contributed by atoms with Crippen LogP contribution in [-0.2, 0) is 9.59 Å². The lowest BCUT2D eigenvalue weighted by Gasteiger charge is -2.24. The van der Waals surface area contributed by atoms with Crippen LogP contribution in [0.4, 0.5) is 4.79 Å². The van der Waals surface area contributed by atoms with Gasteiger partial charge in [-0.2, -0.15) is 0 Å². The summed E-state index contributed by atoms with van der Waals surface area (Å²) in [5.41, 5.74) is 0. The smallest absolute Gasteiger partial charge is 0.326 e. The number of carbonyl (C=O) groups is 3. The number of amides is 2. The SMILES string of the molecule is CC(C)CC(CN(C)C)NC(=O)NC(CC(=O)O)C(=O)O.